The lowest BCUT2D eigenvalue weighted by Crippen LogP contribution is -2.48. The van der Waals surface area contributed by atoms with Gasteiger partial charge in [0.2, 0.25) is 15.0 Å². The number of likely N-dealkylation sites (tertiary alicyclic amines) is 2. The minimum Gasteiger partial charge on any atom is -0.338 e. The standard InChI is InChI=1S/C17H23ClN2O3S/c18-24(22,23)13-15-9-17(21)20(11-15)16-7-4-8-19(12-16)10-14-5-2-1-3-6-14/h1-3,5-6,15-16H,4,7-13H2. The zero-order valence-electron chi connectivity index (χ0n) is 13.6. The van der Waals surface area contributed by atoms with Crippen LogP contribution in [0, 0.1) is 5.92 Å². The van der Waals surface area contributed by atoms with Crippen molar-refractivity contribution in [1.82, 2.24) is 9.80 Å². The van der Waals surface area contributed by atoms with Crippen LogP contribution in [0.5, 0.6) is 0 Å². The summed E-state index contributed by atoms with van der Waals surface area (Å²) in [5.41, 5.74) is 1.28. The molecular formula is C17H23ClN2O3S. The summed E-state index contributed by atoms with van der Waals surface area (Å²) in [6.07, 6.45) is 2.33. The highest BCUT2D eigenvalue weighted by Gasteiger charge is 2.37. The molecule has 2 aliphatic rings. The van der Waals surface area contributed by atoms with Gasteiger partial charge in [0.05, 0.1) is 5.75 Å². The van der Waals surface area contributed by atoms with E-state index < -0.39 is 9.05 Å². The summed E-state index contributed by atoms with van der Waals surface area (Å²) in [4.78, 5) is 16.6. The lowest BCUT2D eigenvalue weighted by Gasteiger charge is -2.37. The monoisotopic (exact) mass is 370 g/mol. The molecule has 2 atom stereocenters. The first-order valence-corrected chi connectivity index (χ1v) is 10.9. The van der Waals surface area contributed by atoms with Crippen LogP contribution >= 0.6 is 10.7 Å². The van der Waals surface area contributed by atoms with Gasteiger partial charge in [-0.1, -0.05) is 30.3 Å². The molecule has 0 N–H and O–H groups in total. The molecule has 2 saturated heterocycles. The molecule has 132 valence electrons. The van der Waals surface area contributed by atoms with Crippen LogP contribution in [0.3, 0.4) is 0 Å². The van der Waals surface area contributed by atoms with E-state index in [4.69, 9.17) is 10.7 Å². The van der Waals surface area contributed by atoms with Gasteiger partial charge in [-0.05, 0) is 24.9 Å². The Hall–Kier alpha value is -1.11. The van der Waals surface area contributed by atoms with Crippen molar-refractivity contribution < 1.29 is 13.2 Å². The van der Waals surface area contributed by atoms with E-state index >= 15 is 0 Å². The summed E-state index contributed by atoms with van der Waals surface area (Å²) in [5, 5.41) is 0. The number of hydrogen-bond donors (Lipinski definition) is 0. The summed E-state index contributed by atoms with van der Waals surface area (Å²) < 4.78 is 22.5. The van der Waals surface area contributed by atoms with E-state index in [1.54, 1.807) is 0 Å². The summed E-state index contributed by atoms with van der Waals surface area (Å²) in [7, 11) is 1.79. The van der Waals surface area contributed by atoms with Crippen LogP contribution in [0.2, 0.25) is 0 Å². The third kappa shape index (κ3) is 4.71. The van der Waals surface area contributed by atoms with Crippen molar-refractivity contribution in [3.8, 4) is 0 Å². The smallest absolute Gasteiger partial charge is 0.232 e. The minimum absolute atomic E-state index is 0.0619. The second kappa shape index (κ2) is 7.42. The molecule has 2 aliphatic heterocycles. The Balaban J connectivity index is 1.59. The fourth-order valence-corrected chi connectivity index (χ4v) is 5.15. The Morgan fingerprint density at radius 2 is 1.92 bits per heavy atom. The van der Waals surface area contributed by atoms with Crippen molar-refractivity contribution in [1.29, 1.82) is 0 Å². The van der Waals surface area contributed by atoms with Crippen LogP contribution in [-0.2, 0) is 20.4 Å². The van der Waals surface area contributed by atoms with Crippen molar-refractivity contribution >= 4 is 25.6 Å². The number of piperidine rings is 1. The van der Waals surface area contributed by atoms with E-state index in [2.05, 4.69) is 17.0 Å². The average Bonchev–Trinajstić information content (AvgIpc) is 2.87. The fraction of sp³-hybridized carbons (Fsp3) is 0.588. The lowest BCUT2D eigenvalue weighted by atomic mass is 10.0. The molecule has 2 unspecified atom stereocenters. The first-order valence-electron chi connectivity index (χ1n) is 8.39. The van der Waals surface area contributed by atoms with E-state index in [9.17, 15) is 13.2 Å². The van der Waals surface area contributed by atoms with Gasteiger partial charge in [-0.3, -0.25) is 9.69 Å². The maximum absolute atomic E-state index is 12.3. The molecule has 0 aliphatic carbocycles. The Bertz CT molecular complexity index is 680. The molecule has 0 saturated carbocycles. The topological polar surface area (TPSA) is 57.7 Å². The molecule has 1 aromatic carbocycles. The van der Waals surface area contributed by atoms with Crippen LogP contribution in [0.1, 0.15) is 24.8 Å². The van der Waals surface area contributed by atoms with Gasteiger partial charge in [0.1, 0.15) is 0 Å². The summed E-state index contributed by atoms with van der Waals surface area (Å²) >= 11 is 0. The average molecular weight is 371 g/mol. The predicted octanol–water partition coefficient (Wildman–Crippen LogP) is 2.07. The Kier molecular flexibility index (Phi) is 5.47. The first kappa shape index (κ1) is 17.7. The van der Waals surface area contributed by atoms with E-state index in [0.29, 0.717) is 13.0 Å². The summed E-state index contributed by atoms with van der Waals surface area (Å²) in [6, 6.07) is 10.5. The van der Waals surface area contributed by atoms with E-state index in [1.807, 2.05) is 23.1 Å². The quantitative estimate of drug-likeness (QED) is 0.744. The molecule has 3 rings (SSSR count). The number of rotatable bonds is 5. The SMILES string of the molecule is O=C1CC(CS(=O)(=O)Cl)CN1C1CCCN(Cc2ccccc2)C1. The van der Waals surface area contributed by atoms with Gasteiger partial charge in [0, 0.05) is 48.7 Å². The minimum atomic E-state index is -3.55. The van der Waals surface area contributed by atoms with Gasteiger partial charge in [0.15, 0.2) is 0 Å². The largest absolute Gasteiger partial charge is 0.338 e. The van der Waals surface area contributed by atoms with Crippen LogP contribution in [0.15, 0.2) is 30.3 Å². The molecule has 0 spiro atoms. The number of carbonyl (C=O) groups is 1. The second-order valence-corrected chi connectivity index (χ2v) is 9.66. The Morgan fingerprint density at radius 3 is 2.62 bits per heavy atom. The molecule has 1 aromatic rings. The first-order chi connectivity index (χ1) is 11.4. The molecule has 24 heavy (non-hydrogen) atoms. The maximum Gasteiger partial charge on any atom is 0.232 e. The third-order valence-electron chi connectivity index (χ3n) is 4.84. The van der Waals surface area contributed by atoms with Crippen molar-refractivity contribution in [3.05, 3.63) is 35.9 Å². The molecule has 1 amide bonds. The Labute approximate surface area is 148 Å². The van der Waals surface area contributed by atoms with Crippen LogP contribution in [0.4, 0.5) is 0 Å². The molecule has 0 aromatic heterocycles. The van der Waals surface area contributed by atoms with Crippen molar-refractivity contribution in [2.45, 2.75) is 31.8 Å². The molecule has 5 nitrogen and oxygen atoms in total. The van der Waals surface area contributed by atoms with Crippen LogP contribution in [0.25, 0.3) is 0 Å². The van der Waals surface area contributed by atoms with E-state index in [-0.39, 0.29) is 23.6 Å². The molecule has 2 fully saturated rings. The summed E-state index contributed by atoms with van der Waals surface area (Å²) in [6.45, 7) is 3.28. The highest BCUT2D eigenvalue weighted by atomic mass is 35.7. The number of carbonyl (C=O) groups excluding carboxylic acids is 1. The number of nitrogens with zero attached hydrogens (tertiary/aromatic N) is 2. The fourth-order valence-electron chi connectivity index (χ4n) is 3.83. The van der Waals surface area contributed by atoms with Gasteiger partial charge in [-0.2, -0.15) is 0 Å². The van der Waals surface area contributed by atoms with E-state index in [0.717, 1.165) is 32.5 Å². The molecule has 0 bridgehead atoms. The zero-order chi connectivity index (χ0) is 17.2. The van der Waals surface area contributed by atoms with Crippen LogP contribution < -0.4 is 0 Å². The second-order valence-electron chi connectivity index (χ2n) is 6.84. The van der Waals surface area contributed by atoms with E-state index in [1.165, 1.54) is 5.56 Å². The number of hydrogen-bond acceptors (Lipinski definition) is 4. The zero-order valence-corrected chi connectivity index (χ0v) is 15.2. The highest BCUT2D eigenvalue weighted by Crippen LogP contribution is 2.27. The number of halogens is 1. The molecular weight excluding hydrogens is 348 g/mol. The Morgan fingerprint density at radius 1 is 1.17 bits per heavy atom. The maximum atomic E-state index is 12.3. The van der Waals surface area contributed by atoms with Gasteiger partial charge in [0.25, 0.3) is 0 Å². The van der Waals surface area contributed by atoms with Gasteiger partial charge in [-0.15, -0.1) is 0 Å². The lowest BCUT2D eigenvalue weighted by molar-refractivity contribution is -0.130. The van der Waals surface area contributed by atoms with Gasteiger partial charge in [-0.25, -0.2) is 8.42 Å². The number of benzene rings is 1. The van der Waals surface area contributed by atoms with Crippen LogP contribution in [-0.4, -0.2) is 55.6 Å². The number of amides is 1. The molecule has 7 heteroatoms. The molecule has 0 radical (unpaired) electrons. The predicted molar refractivity (Wildman–Crippen MR) is 94.2 cm³/mol. The van der Waals surface area contributed by atoms with Crippen molar-refractivity contribution in [3.63, 3.8) is 0 Å². The van der Waals surface area contributed by atoms with Gasteiger partial charge < -0.3 is 4.90 Å². The highest BCUT2D eigenvalue weighted by molar-refractivity contribution is 8.13. The van der Waals surface area contributed by atoms with Gasteiger partial charge >= 0.3 is 0 Å². The third-order valence-corrected chi connectivity index (χ3v) is 6.09. The normalized spacial score (nSPS) is 26.0. The van der Waals surface area contributed by atoms with Crippen molar-refractivity contribution in [2.24, 2.45) is 5.92 Å². The summed E-state index contributed by atoms with van der Waals surface area (Å²) in [5.74, 6) is -0.228. The molecule has 2 heterocycles. The van der Waals surface area contributed by atoms with Crippen molar-refractivity contribution in [2.75, 3.05) is 25.4 Å².